The first-order chi connectivity index (χ1) is 17.9. The molecule has 1 aliphatic rings. The molecule has 1 aliphatic heterocycles. The second kappa shape index (κ2) is 11.7. The molecular formula is C27H27F2N5O3. The Morgan fingerprint density at radius 1 is 0.973 bits per heavy atom. The summed E-state index contributed by atoms with van der Waals surface area (Å²) in [5, 5.41) is 5.29. The number of amides is 3. The van der Waals surface area contributed by atoms with Crippen LogP contribution in [0.2, 0.25) is 0 Å². The van der Waals surface area contributed by atoms with Crippen LogP contribution in [0.1, 0.15) is 58.5 Å². The number of benzene rings is 2. The van der Waals surface area contributed by atoms with Crippen molar-refractivity contribution in [3.05, 3.63) is 89.4 Å². The molecule has 8 nitrogen and oxygen atoms in total. The lowest BCUT2D eigenvalue weighted by Crippen LogP contribution is -2.48. The molecule has 0 saturated carbocycles. The van der Waals surface area contributed by atoms with Gasteiger partial charge in [0.2, 0.25) is 5.91 Å². The smallest absolute Gasteiger partial charge is 0.273 e. The molecule has 2 heterocycles. The van der Waals surface area contributed by atoms with Crippen molar-refractivity contribution in [2.75, 3.05) is 18.4 Å². The van der Waals surface area contributed by atoms with Crippen LogP contribution in [-0.2, 0) is 4.79 Å². The zero-order valence-electron chi connectivity index (χ0n) is 20.3. The Hall–Kier alpha value is -4.21. The quantitative estimate of drug-likeness (QED) is 0.505. The largest absolute Gasteiger partial charge is 0.348 e. The van der Waals surface area contributed by atoms with Crippen molar-refractivity contribution in [2.24, 2.45) is 0 Å². The average molecular weight is 508 g/mol. The van der Waals surface area contributed by atoms with Gasteiger partial charge in [-0.2, -0.15) is 0 Å². The molecule has 3 aromatic rings. The number of anilines is 1. The number of nitrogens with one attached hydrogen (secondary N) is 2. The summed E-state index contributed by atoms with van der Waals surface area (Å²) in [5.41, 5.74) is 0.609. The van der Waals surface area contributed by atoms with Crippen molar-refractivity contribution in [1.82, 2.24) is 20.2 Å². The Morgan fingerprint density at radius 3 is 2.27 bits per heavy atom. The summed E-state index contributed by atoms with van der Waals surface area (Å²) in [7, 11) is 0. The predicted molar refractivity (Wildman–Crippen MR) is 133 cm³/mol. The van der Waals surface area contributed by atoms with Crippen LogP contribution in [0.25, 0.3) is 0 Å². The van der Waals surface area contributed by atoms with Gasteiger partial charge < -0.3 is 15.5 Å². The van der Waals surface area contributed by atoms with E-state index in [0.29, 0.717) is 38.4 Å². The van der Waals surface area contributed by atoms with E-state index >= 15 is 0 Å². The number of piperidine rings is 1. The lowest BCUT2D eigenvalue weighted by atomic mass is 9.93. The summed E-state index contributed by atoms with van der Waals surface area (Å²) in [4.78, 5) is 48.4. The lowest BCUT2D eigenvalue weighted by Gasteiger charge is -2.34. The van der Waals surface area contributed by atoms with Crippen molar-refractivity contribution in [1.29, 1.82) is 0 Å². The Morgan fingerprint density at radius 2 is 1.62 bits per heavy atom. The number of nitrogens with zero attached hydrogens (tertiary/aromatic N) is 3. The number of rotatable bonds is 7. The fraction of sp³-hybridized carbons (Fsp3) is 0.296. The topological polar surface area (TPSA) is 104 Å². The molecule has 1 aromatic heterocycles. The Balaban J connectivity index is 1.36. The maximum absolute atomic E-state index is 13.5. The van der Waals surface area contributed by atoms with Gasteiger partial charge in [-0.25, -0.2) is 18.7 Å². The normalized spacial score (nSPS) is 14.6. The minimum atomic E-state index is -0.902. The third-order valence-electron chi connectivity index (χ3n) is 6.32. The number of hydrogen-bond acceptors (Lipinski definition) is 5. The van der Waals surface area contributed by atoms with E-state index in [-0.39, 0.29) is 34.9 Å². The molecule has 0 unspecified atom stereocenters. The van der Waals surface area contributed by atoms with Crippen molar-refractivity contribution in [3.63, 3.8) is 0 Å². The molecule has 1 atom stereocenters. The molecule has 0 radical (unpaired) electrons. The van der Waals surface area contributed by atoms with Gasteiger partial charge in [0.25, 0.3) is 11.8 Å². The maximum atomic E-state index is 13.5. The lowest BCUT2D eigenvalue weighted by molar-refractivity contribution is -0.134. The summed E-state index contributed by atoms with van der Waals surface area (Å²) in [6.45, 7) is 3.00. The van der Waals surface area contributed by atoms with E-state index in [0.717, 1.165) is 17.7 Å². The van der Waals surface area contributed by atoms with Crippen LogP contribution in [0.3, 0.4) is 0 Å². The first kappa shape index (κ1) is 25.9. The fourth-order valence-corrected chi connectivity index (χ4v) is 4.42. The molecule has 2 N–H and O–H groups in total. The molecule has 4 rings (SSSR count). The molecule has 1 saturated heterocycles. The predicted octanol–water partition coefficient (Wildman–Crippen LogP) is 3.92. The number of halogens is 2. The van der Waals surface area contributed by atoms with E-state index in [4.69, 9.17) is 0 Å². The van der Waals surface area contributed by atoms with Gasteiger partial charge in [-0.15, -0.1) is 0 Å². The molecule has 37 heavy (non-hydrogen) atoms. The molecule has 2 aromatic carbocycles. The number of hydrogen-bond donors (Lipinski definition) is 2. The van der Waals surface area contributed by atoms with Gasteiger partial charge in [-0.3, -0.25) is 14.4 Å². The monoisotopic (exact) mass is 507 g/mol. The van der Waals surface area contributed by atoms with E-state index in [1.165, 1.54) is 12.4 Å². The minimum Gasteiger partial charge on any atom is -0.348 e. The van der Waals surface area contributed by atoms with Gasteiger partial charge in [-0.05, 0) is 37.0 Å². The average Bonchev–Trinajstić information content (AvgIpc) is 2.90. The first-order valence-electron chi connectivity index (χ1n) is 12.1. The highest BCUT2D eigenvalue weighted by Gasteiger charge is 2.29. The summed E-state index contributed by atoms with van der Waals surface area (Å²) in [6, 6.07) is 11.9. The third kappa shape index (κ3) is 6.32. The minimum absolute atomic E-state index is 0.0752. The van der Waals surface area contributed by atoms with Crippen molar-refractivity contribution < 1.29 is 23.2 Å². The van der Waals surface area contributed by atoms with Gasteiger partial charge in [-0.1, -0.05) is 37.3 Å². The van der Waals surface area contributed by atoms with Crippen LogP contribution in [0, 0.1) is 11.6 Å². The van der Waals surface area contributed by atoms with Crippen LogP contribution in [-0.4, -0.2) is 51.7 Å². The molecule has 10 heteroatoms. The summed E-state index contributed by atoms with van der Waals surface area (Å²) in [5.74, 6) is -3.44. The van der Waals surface area contributed by atoms with Crippen molar-refractivity contribution in [2.45, 2.75) is 38.1 Å². The highest BCUT2D eigenvalue weighted by molar-refractivity contribution is 6.07. The molecule has 3 amide bonds. The van der Waals surface area contributed by atoms with E-state index in [9.17, 15) is 23.2 Å². The number of carbonyl (C=O) groups excluding carboxylic acids is 3. The van der Waals surface area contributed by atoms with E-state index in [1.54, 1.807) is 0 Å². The molecular weight excluding hydrogens is 480 g/mol. The summed E-state index contributed by atoms with van der Waals surface area (Å²) in [6.07, 6.45) is 4.42. The molecule has 192 valence electrons. The zero-order valence-corrected chi connectivity index (χ0v) is 20.3. The third-order valence-corrected chi connectivity index (χ3v) is 6.32. The first-order valence-corrected chi connectivity index (χ1v) is 12.1. The van der Waals surface area contributed by atoms with Crippen LogP contribution >= 0.6 is 0 Å². The number of likely N-dealkylation sites (tertiary alicyclic amines) is 1. The van der Waals surface area contributed by atoms with Gasteiger partial charge in [0, 0.05) is 43.2 Å². The van der Waals surface area contributed by atoms with E-state index in [1.807, 2.05) is 42.2 Å². The number of aromatic nitrogens is 2. The summed E-state index contributed by atoms with van der Waals surface area (Å²) < 4.78 is 27.0. The fourth-order valence-electron chi connectivity index (χ4n) is 4.42. The van der Waals surface area contributed by atoms with Crippen LogP contribution < -0.4 is 10.6 Å². The van der Waals surface area contributed by atoms with Crippen molar-refractivity contribution in [3.8, 4) is 0 Å². The number of carbonyl (C=O) groups is 3. The highest BCUT2D eigenvalue weighted by atomic mass is 19.1. The summed E-state index contributed by atoms with van der Waals surface area (Å²) >= 11 is 0. The van der Waals surface area contributed by atoms with Crippen LogP contribution in [0.15, 0.2) is 60.9 Å². The van der Waals surface area contributed by atoms with Crippen LogP contribution in [0.4, 0.5) is 14.6 Å². The Kier molecular flexibility index (Phi) is 8.17. The molecule has 0 bridgehead atoms. The van der Waals surface area contributed by atoms with Crippen molar-refractivity contribution >= 4 is 23.5 Å². The standard InChI is InChI=1S/C27H27F2N5O3/c1-2-22(17-6-4-3-5-7-17)27(37)34-12-8-21(9-13-34)32-26(36)23-24(31-11-10-30-23)33-25(35)18-14-19(28)16-20(29)15-18/h3-7,10-11,14-16,21-22H,2,8-9,12-13H2,1H3,(H,32,36)(H,31,33,35)/t22-/m0/s1. The Labute approximate surface area is 213 Å². The van der Waals surface area contributed by atoms with Gasteiger partial charge >= 0.3 is 0 Å². The molecule has 0 spiro atoms. The second-order valence-corrected chi connectivity index (χ2v) is 8.81. The van der Waals surface area contributed by atoms with Crippen LogP contribution in [0.5, 0.6) is 0 Å². The van der Waals surface area contributed by atoms with E-state index in [2.05, 4.69) is 20.6 Å². The Bertz CT molecular complexity index is 1260. The van der Waals surface area contributed by atoms with E-state index < -0.39 is 23.4 Å². The molecule has 1 fully saturated rings. The van der Waals surface area contributed by atoms with Gasteiger partial charge in [0.05, 0.1) is 5.92 Å². The van der Waals surface area contributed by atoms with Gasteiger partial charge in [0.15, 0.2) is 11.5 Å². The molecule has 0 aliphatic carbocycles. The zero-order chi connectivity index (χ0) is 26.4. The SMILES string of the molecule is CC[C@H](C(=O)N1CCC(NC(=O)c2nccnc2NC(=O)c2cc(F)cc(F)c2)CC1)c1ccccc1. The van der Waals surface area contributed by atoms with Gasteiger partial charge in [0.1, 0.15) is 11.6 Å². The maximum Gasteiger partial charge on any atom is 0.273 e. The highest BCUT2D eigenvalue weighted by Crippen LogP contribution is 2.24. The second-order valence-electron chi connectivity index (χ2n) is 8.81.